The van der Waals surface area contributed by atoms with Crippen LogP contribution in [-0.4, -0.2) is 14.8 Å². The normalized spacial score (nSPS) is 13.0. The minimum atomic E-state index is 0.470. The summed E-state index contributed by atoms with van der Waals surface area (Å²) in [6.07, 6.45) is 5.97. The fraction of sp³-hybridized carbons (Fsp3) is 0.818. The van der Waals surface area contributed by atoms with Crippen molar-refractivity contribution in [3.8, 4) is 0 Å². The number of aromatic nitrogens is 3. The number of nitrogens with zero attached hydrogens (tertiary/aromatic N) is 2. The number of hydrogen-bond acceptors (Lipinski definition) is 2. The number of aryl methyl sites for hydroxylation is 1. The molecule has 0 aromatic carbocycles. The third kappa shape index (κ3) is 3.16. The molecule has 0 spiro atoms. The van der Waals surface area contributed by atoms with Crippen molar-refractivity contribution < 1.29 is 0 Å². The molecule has 4 heteroatoms. The van der Waals surface area contributed by atoms with E-state index in [1.54, 1.807) is 0 Å². The van der Waals surface area contributed by atoms with Gasteiger partial charge in [-0.25, -0.2) is 0 Å². The van der Waals surface area contributed by atoms with E-state index in [2.05, 4.69) is 35.5 Å². The first-order valence-corrected chi connectivity index (χ1v) is 6.27. The molecular formula is C11H21N3S. The van der Waals surface area contributed by atoms with E-state index in [1.807, 2.05) is 0 Å². The summed E-state index contributed by atoms with van der Waals surface area (Å²) in [6, 6.07) is 0.470. The zero-order valence-electron chi connectivity index (χ0n) is 9.92. The standard InChI is InChI=1S/C11H21N3S/c1-4-6-7-8-9(3)14-10(5-2)12-13-11(14)15/h9H,4-8H2,1-3H3,(H,13,15). The summed E-state index contributed by atoms with van der Waals surface area (Å²) in [5.41, 5.74) is 0. The first-order valence-electron chi connectivity index (χ1n) is 5.86. The fourth-order valence-corrected chi connectivity index (χ4v) is 2.19. The van der Waals surface area contributed by atoms with Gasteiger partial charge in [-0.05, 0) is 25.6 Å². The van der Waals surface area contributed by atoms with E-state index < -0.39 is 0 Å². The minimum Gasteiger partial charge on any atom is -0.301 e. The maximum absolute atomic E-state index is 5.24. The highest BCUT2D eigenvalue weighted by Gasteiger charge is 2.10. The number of unbranched alkanes of at least 4 members (excludes halogenated alkanes) is 2. The number of rotatable bonds is 6. The van der Waals surface area contributed by atoms with Gasteiger partial charge < -0.3 is 4.57 Å². The van der Waals surface area contributed by atoms with Crippen LogP contribution in [0.5, 0.6) is 0 Å². The number of nitrogens with one attached hydrogen (secondary N) is 1. The average molecular weight is 227 g/mol. The molecule has 1 unspecified atom stereocenters. The number of hydrogen-bond donors (Lipinski definition) is 1. The van der Waals surface area contributed by atoms with Crippen LogP contribution in [0.25, 0.3) is 0 Å². The molecule has 1 N–H and O–H groups in total. The van der Waals surface area contributed by atoms with Crippen molar-refractivity contribution in [1.82, 2.24) is 14.8 Å². The highest BCUT2D eigenvalue weighted by molar-refractivity contribution is 7.71. The van der Waals surface area contributed by atoms with Gasteiger partial charge in [-0.1, -0.05) is 33.1 Å². The summed E-state index contributed by atoms with van der Waals surface area (Å²) in [4.78, 5) is 0. The molecule has 1 atom stereocenters. The van der Waals surface area contributed by atoms with Crippen LogP contribution in [0.2, 0.25) is 0 Å². The third-order valence-corrected chi connectivity index (χ3v) is 3.05. The molecule has 0 aliphatic heterocycles. The second-order valence-electron chi connectivity index (χ2n) is 4.01. The Morgan fingerprint density at radius 3 is 2.73 bits per heavy atom. The molecule has 0 saturated carbocycles. The first kappa shape index (κ1) is 12.4. The van der Waals surface area contributed by atoms with Crippen LogP contribution in [0.15, 0.2) is 0 Å². The molecule has 1 heterocycles. The van der Waals surface area contributed by atoms with Crippen LogP contribution >= 0.6 is 12.2 Å². The second kappa shape index (κ2) is 6.05. The molecule has 1 aromatic heterocycles. The summed E-state index contributed by atoms with van der Waals surface area (Å²) in [7, 11) is 0. The Kier molecular flexibility index (Phi) is 5.02. The maximum Gasteiger partial charge on any atom is 0.195 e. The predicted molar refractivity (Wildman–Crippen MR) is 65.6 cm³/mol. The van der Waals surface area contributed by atoms with Gasteiger partial charge in [-0.15, -0.1) is 0 Å². The average Bonchev–Trinajstić information content (AvgIpc) is 2.59. The molecule has 1 aromatic rings. The predicted octanol–water partition coefficient (Wildman–Crippen LogP) is 3.64. The van der Waals surface area contributed by atoms with Gasteiger partial charge in [0.05, 0.1) is 0 Å². The zero-order chi connectivity index (χ0) is 11.3. The van der Waals surface area contributed by atoms with Crippen LogP contribution in [0.4, 0.5) is 0 Å². The lowest BCUT2D eigenvalue weighted by Crippen LogP contribution is -2.09. The van der Waals surface area contributed by atoms with Gasteiger partial charge in [0.2, 0.25) is 0 Å². The van der Waals surface area contributed by atoms with Crippen LogP contribution < -0.4 is 0 Å². The molecule has 0 bridgehead atoms. The molecule has 86 valence electrons. The van der Waals surface area contributed by atoms with E-state index in [-0.39, 0.29) is 0 Å². The van der Waals surface area contributed by atoms with Crippen LogP contribution in [0.1, 0.15) is 58.3 Å². The van der Waals surface area contributed by atoms with E-state index in [1.165, 1.54) is 25.7 Å². The molecule has 15 heavy (non-hydrogen) atoms. The Balaban J connectivity index is 2.67. The molecule has 3 nitrogen and oxygen atoms in total. The molecule has 0 fully saturated rings. The van der Waals surface area contributed by atoms with E-state index >= 15 is 0 Å². The molecule has 1 rings (SSSR count). The van der Waals surface area contributed by atoms with Gasteiger partial charge in [-0.3, -0.25) is 5.10 Å². The zero-order valence-corrected chi connectivity index (χ0v) is 10.7. The van der Waals surface area contributed by atoms with Crippen molar-refractivity contribution in [3.05, 3.63) is 10.6 Å². The first-order chi connectivity index (χ1) is 7.20. The number of aromatic amines is 1. The highest BCUT2D eigenvalue weighted by Crippen LogP contribution is 2.17. The Bertz CT molecular complexity index is 340. The van der Waals surface area contributed by atoms with Gasteiger partial charge >= 0.3 is 0 Å². The Morgan fingerprint density at radius 2 is 2.13 bits per heavy atom. The molecule has 0 saturated heterocycles. The van der Waals surface area contributed by atoms with Crippen molar-refractivity contribution in [2.75, 3.05) is 0 Å². The SMILES string of the molecule is CCCCCC(C)n1c(CC)n[nH]c1=S. The summed E-state index contributed by atoms with van der Waals surface area (Å²) >= 11 is 5.24. The van der Waals surface area contributed by atoms with Crippen LogP contribution in [0, 0.1) is 4.77 Å². The molecular weight excluding hydrogens is 206 g/mol. The van der Waals surface area contributed by atoms with Crippen molar-refractivity contribution in [3.63, 3.8) is 0 Å². The highest BCUT2D eigenvalue weighted by atomic mass is 32.1. The molecule has 0 amide bonds. The van der Waals surface area contributed by atoms with E-state index in [9.17, 15) is 0 Å². The van der Waals surface area contributed by atoms with Crippen molar-refractivity contribution >= 4 is 12.2 Å². The van der Waals surface area contributed by atoms with Crippen molar-refractivity contribution in [1.29, 1.82) is 0 Å². The van der Waals surface area contributed by atoms with Gasteiger partial charge in [0, 0.05) is 12.5 Å². The maximum atomic E-state index is 5.24. The topological polar surface area (TPSA) is 33.6 Å². The van der Waals surface area contributed by atoms with Gasteiger partial charge in [0.25, 0.3) is 0 Å². The van der Waals surface area contributed by atoms with Crippen molar-refractivity contribution in [2.45, 2.75) is 58.9 Å². The van der Waals surface area contributed by atoms with Gasteiger partial charge in [-0.2, -0.15) is 5.10 Å². The smallest absolute Gasteiger partial charge is 0.195 e. The number of H-pyrrole nitrogens is 1. The molecule has 0 aliphatic carbocycles. The van der Waals surface area contributed by atoms with E-state index in [0.717, 1.165) is 17.0 Å². The molecule has 0 radical (unpaired) electrons. The third-order valence-electron chi connectivity index (χ3n) is 2.76. The summed E-state index contributed by atoms with van der Waals surface area (Å²) in [5, 5.41) is 7.10. The lowest BCUT2D eigenvalue weighted by atomic mass is 10.1. The van der Waals surface area contributed by atoms with E-state index in [0.29, 0.717) is 6.04 Å². The van der Waals surface area contributed by atoms with Crippen LogP contribution in [-0.2, 0) is 6.42 Å². The second-order valence-corrected chi connectivity index (χ2v) is 4.40. The summed E-state index contributed by atoms with van der Waals surface area (Å²) in [5.74, 6) is 1.07. The van der Waals surface area contributed by atoms with Crippen LogP contribution in [0.3, 0.4) is 0 Å². The van der Waals surface area contributed by atoms with E-state index in [4.69, 9.17) is 12.2 Å². The quantitative estimate of drug-likeness (QED) is 0.594. The van der Waals surface area contributed by atoms with Gasteiger partial charge in [0.15, 0.2) is 4.77 Å². The molecule has 0 aliphatic rings. The van der Waals surface area contributed by atoms with Crippen molar-refractivity contribution in [2.24, 2.45) is 0 Å². The Morgan fingerprint density at radius 1 is 1.40 bits per heavy atom. The lowest BCUT2D eigenvalue weighted by Gasteiger charge is -2.14. The largest absolute Gasteiger partial charge is 0.301 e. The fourth-order valence-electron chi connectivity index (χ4n) is 1.86. The lowest BCUT2D eigenvalue weighted by molar-refractivity contribution is 0.459. The Hall–Kier alpha value is -0.640. The summed E-state index contributed by atoms with van der Waals surface area (Å²) in [6.45, 7) is 6.56. The van der Waals surface area contributed by atoms with Gasteiger partial charge in [0.1, 0.15) is 5.82 Å². The summed E-state index contributed by atoms with van der Waals surface area (Å²) < 4.78 is 2.92. The monoisotopic (exact) mass is 227 g/mol. The minimum absolute atomic E-state index is 0.470. The Labute approximate surface area is 96.9 Å².